The lowest BCUT2D eigenvalue weighted by molar-refractivity contribution is 0.265. The van der Waals surface area contributed by atoms with Crippen LogP contribution in [0.15, 0.2) is 18.2 Å². The molecule has 1 aromatic carbocycles. The van der Waals surface area contributed by atoms with Crippen LogP contribution in [0.25, 0.3) is 11.0 Å². The fraction of sp³-hybridized carbons (Fsp3) is 0.588. The van der Waals surface area contributed by atoms with E-state index in [0.29, 0.717) is 5.88 Å². The summed E-state index contributed by atoms with van der Waals surface area (Å²) in [6, 6.07) is 6.10. The number of benzene rings is 1. The SMILES string of the molecule is COc1cccc2c1nc(CCl)n2CC1CCC(C)CC1. The molecule has 0 aliphatic heterocycles. The van der Waals surface area contributed by atoms with Gasteiger partial charge in [-0.25, -0.2) is 4.98 Å². The van der Waals surface area contributed by atoms with Gasteiger partial charge in [-0.05, 0) is 36.8 Å². The van der Waals surface area contributed by atoms with Crippen LogP contribution in [0, 0.1) is 11.8 Å². The normalized spacial score (nSPS) is 22.6. The summed E-state index contributed by atoms with van der Waals surface area (Å²) in [5.74, 6) is 3.85. The number of ether oxygens (including phenoxy) is 1. The van der Waals surface area contributed by atoms with E-state index in [2.05, 4.69) is 22.5 Å². The lowest BCUT2D eigenvalue weighted by Crippen LogP contribution is -2.18. The van der Waals surface area contributed by atoms with Crippen LogP contribution in [0.2, 0.25) is 0 Å². The summed E-state index contributed by atoms with van der Waals surface area (Å²) in [5, 5.41) is 0. The van der Waals surface area contributed by atoms with E-state index in [4.69, 9.17) is 16.3 Å². The Kier molecular flexibility index (Phi) is 4.39. The van der Waals surface area contributed by atoms with Crippen LogP contribution in [-0.4, -0.2) is 16.7 Å². The van der Waals surface area contributed by atoms with Gasteiger partial charge in [-0.2, -0.15) is 0 Å². The summed E-state index contributed by atoms with van der Waals surface area (Å²) in [7, 11) is 1.69. The number of halogens is 1. The lowest BCUT2D eigenvalue weighted by Gasteiger charge is -2.27. The minimum absolute atomic E-state index is 0.445. The van der Waals surface area contributed by atoms with Gasteiger partial charge in [0.15, 0.2) is 0 Å². The van der Waals surface area contributed by atoms with Crippen LogP contribution in [0.1, 0.15) is 38.4 Å². The van der Waals surface area contributed by atoms with Gasteiger partial charge >= 0.3 is 0 Å². The molecule has 0 saturated heterocycles. The number of nitrogens with zero attached hydrogens (tertiary/aromatic N) is 2. The number of para-hydroxylation sites is 1. The van der Waals surface area contributed by atoms with E-state index in [1.54, 1.807) is 7.11 Å². The second-order valence-electron chi connectivity index (χ2n) is 6.23. The molecule has 0 amide bonds. The highest BCUT2D eigenvalue weighted by atomic mass is 35.5. The van der Waals surface area contributed by atoms with Gasteiger partial charge < -0.3 is 9.30 Å². The highest BCUT2D eigenvalue weighted by molar-refractivity contribution is 6.16. The number of imidazole rings is 1. The van der Waals surface area contributed by atoms with Crippen molar-refractivity contribution in [3.05, 3.63) is 24.0 Å². The molecule has 0 unspecified atom stereocenters. The first-order valence-electron chi connectivity index (χ1n) is 7.81. The maximum atomic E-state index is 6.12. The Labute approximate surface area is 131 Å². The molecule has 0 atom stereocenters. The van der Waals surface area contributed by atoms with Crippen LogP contribution >= 0.6 is 11.6 Å². The van der Waals surface area contributed by atoms with Crippen molar-refractivity contribution < 1.29 is 4.74 Å². The molecule has 0 bridgehead atoms. The fourth-order valence-electron chi connectivity index (χ4n) is 3.41. The predicted octanol–water partition coefficient (Wildman–Crippen LogP) is 4.61. The zero-order valence-electron chi connectivity index (χ0n) is 12.8. The van der Waals surface area contributed by atoms with Gasteiger partial charge in [-0.15, -0.1) is 11.6 Å². The van der Waals surface area contributed by atoms with Gasteiger partial charge in [0.05, 0.1) is 18.5 Å². The van der Waals surface area contributed by atoms with E-state index < -0.39 is 0 Å². The minimum Gasteiger partial charge on any atom is -0.494 e. The van der Waals surface area contributed by atoms with Crippen molar-refractivity contribution in [3.8, 4) is 5.75 Å². The van der Waals surface area contributed by atoms with Crippen molar-refractivity contribution in [2.24, 2.45) is 11.8 Å². The first-order chi connectivity index (χ1) is 10.2. The number of hydrogen-bond acceptors (Lipinski definition) is 2. The smallest absolute Gasteiger partial charge is 0.146 e. The predicted molar refractivity (Wildman–Crippen MR) is 87.0 cm³/mol. The summed E-state index contributed by atoms with van der Waals surface area (Å²) in [6.07, 6.45) is 5.31. The zero-order valence-corrected chi connectivity index (χ0v) is 13.6. The second kappa shape index (κ2) is 6.27. The number of rotatable bonds is 4. The van der Waals surface area contributed by atoms with Crippen LogP contribution in [0.5, 0.6) is 5.75 Å². The molecular formula is C17H23ClN2O. The third kappa shape index (κ3) is 2.89. The molecule has 1 aliphatic rings. The summed E-state index contributed by atoms with van der Waals surface area (Å²) < 4.78 is 7.72. The Morgan fingerprint density at radius 3 is 2.71 bits per heavy atom. The standard InChI is InChI=1S/C17H23ClN2O/c1-12-6-8-13(9-7-12)11-20-14-4-3-5-15(21-2)17(14)19-16(20)10-18/h3-5,12-13H,6-11H2,1-2H3. The molecule has 0 spiro atoms. The molecule has 1 aromatic heterocycles. The summed E-state index contributed by atoms with van der Waals surface area (Å²) in [6.45, 7) is 3.39. The third-order valence-electron chi connectivity index (χ3n) is 4.74. The first-order valence-corrected chi connectivity index (χ1v) is 8.34. The molecule has 1 aliphatic carbocycles. The van der Waals surface area contributed by atoms with E-state index in [-0.39, 0.29) is 0 Å². The largest absolute Gasteiger partial charge is 0.494 e. The molecule has 21 heavy (non-hydrogen) atoms. The van der Waals surface area contributed by atoms with Gasteiger partial charge in [0.25, 0.3) is 0 Å². The molecule has 4 heteroatoms. The lowest BCUT2D eigenvalue weighted by atomic mass is 9.83. The quantitative estimate of drug-likeness (QED) is 0.771. The number of aromatic nitrogens is 2. The van der Waals surface area contributed by atoms with Crippen LogP contribution in [0.4, 0.5) is 0 Å². The summed E-state index contributed by atoms with van der Waals surface area (Å²) in [4.78, 5) is 4.69. The Hall–Kier alpha value is -1.22. The van der Waals surface area contributed by atoms with Crippen molar-refractivity contribution in [3.63, 3.8) is 0 Å². The molecular weight excluding hydrogens is 284 g/mol. The Bertz CT molecular complexity index is 615. The number of fused-ring (bicyclic) bond motifs is 1. The Balaban J connectivity index is 1.93. The van der Waals surface area contributed by atoms with Crippen molar-refractivity contribution >= 4 is 22.6 Å². The Morgan fingerprint density at radius 2 is 2.05 bits per heavy atom. The highest BCUT2D eigenvalue weighted by Gasteiger charge is 2.21. The average Bonchev–Trinajstić information content (AvgIpc) is 2.87. The average molecular weight is 307 g/mol. The van der Waals surface area contributed by atoms with E-state index in [1.807, 2.05) is 12.1 Å². The molecule has 2 aromatic rings. The third-order valence-corrected chi connectivity index (χ3v) is 4.98. The van der Waals surface area contributed by atoms with Gasteiger partial charge in [0.2, 0.25) is 0 Å². The topological polar surface area (TPSA) is 27.1 Å². The number of hydrogen-bond donors (Lipinski definition) is 0. The summed E-state index contributed by atoms with van der Waals surface area (Å²) in [5.41, 5.74) is 2.07. The van der Waals surface area contributed by atoms with Crippen LogP contribution < -0.4 is 4.74 Å². The summed E-state index contributed by atoms with van der Waals surface area (Å²) >= 11 is 6.12. The molecule has 0 radical (unpaired) electrons. The number of methoxy groups -OCH3 is 1. The Morgan fingerprint density at radius 1 is 1.29 bits per heavy atom. The molecule has 3 nitrogen and oxygen atoms in total. The van der Waals surface area contributed by atoms with E-state index >= 15 is 0 Å². The molecule has 114 valence electrons. The molecule has 1 heterocycles. The van der Waals surface area contributed by atoms with Gasteiger partial charge in [0.1, 0.15) is 17.1 Å². The first kappa shape index (κ1) is 14.7. The van der Waals surface area contributed by atoms with Crippen molar-refractivity contribution in [2.75, 3.05) is 7.11 Å². The minimum atomic E-state index is 0.445. The molecule has 3 rings (SSSR count). The second-order valence-corrected chi connectivity index (χ2v) is 6.49. The van der Waals surface area contributed by atoms with Gasteiger partial charge in [0, 0.05) is 6.54 Å². The van der Waals surface area contributed by atoms with E-state index in [0.717, 1.165) is 41.0 Å². The van der Waals surface area contributed by atoms with Crippen LogP contribution in [-0.2, 0) is 12.4 Å². The molecule has 1 fully saturated rings. The van der Waals surface area contributed by atoms with Crippen molar-refractivity contribution in [1.29, 1.82) is 0 Å². The van der Waals surface area contributed by atoms with E-state index in [9.17, 15) is 0 Å². The fourth-order valence-corrected chi connectivity index (χ4v) is 3.61. The number of alkyl halides is 1. The van der Waals surface area contributed by atoms with Crippen LogP contribution in [0.3, 0.4) is 0 Å². The van der Waals surface area contributed by atoms with E-state index in [1.165, 1.54) is 25.7 Å². The van der Waals surface area contributed by atoms with Gasteiger partial charge in [-0.3, -0.25) is 0 Å². The zero-order chi connectivity index (χ0) is 14.8. The highest BCUT2D eigenvalue weighted by Crippen LogP contribution is 2.32. The van der Waals surface area contributed by atoms with Crippen molar-refractivity contribution in [2.45, 2.75) is 45.0 Å². The maximum Gasteiger partial charge on any atom is 0.146 e. The van der Waals surface area contributed by atoms with Gasteiger partial charge in [-0.1, -0.05) is 25.8 Å². The molecule has 1 saturated carbocycles. The molecule has 0 N–H and O–H groups in total. The van der Waals surface area contributed by atoms with Crippen molar-refractivity contribution in [1.82, 2.24) is 9.55 Å². The maximum absolute atomic E-state index is 6.12. The monoisotopic (exact) mass is 306 g/mol.